The SMILES string of the molecule is CC(C)(C)c1nc2cc(NC(=O)c3ccccc3NS(C)(=O)=O)ccc2o1. The third-order valence-electron chi connectivity index (χ3n) is 3.75. The Morgan fingerprint density at radius 2 is 1.81 bits per heavy atom. The molecule has 0 saturated carbocycles. The summed E-state index contributed by atoms with van der Waals surface area (Å²) < 4.78 is 31.1. The summed E-state index contributed by atoms with van der Waals surface area (Å²) in [4.78, 5) is 17.1. The molecular formula is C19H21N3O4S. The standard InChI is InChI=1S/C19H21N3O4S/c1-19(2,3)18-21-15-11-12(9-10-16(15)26-18)20-17(23)13-7-5-6-8-14(13)22-27(4,24)25/h5-11,22H,1-4H3,(H,20,23). The van der Waals surface area contributed by atoms with Crippen molar-refractivity contribution in [3.63, 3.8) is 0 Å². The van der Waals surface area contributed by atoms with E-state index in [0.717, 1.165) is 6.26 Å². The molecule has 0 unspecified atom stereocenters. The monoisotopic (exact) mass is 387 g/mol. The molecule has 2 N–H and O–H groups in total. The Balaban J connectivity index is 1.88. The van der Waals surface area contributed by atoms with E-state index < -0.39 is 15.9 Å². The fourth-order valence-corrected chi connectivity index (χ4v) is 3.07. The lowest BCUT2D eigenvalue weighted by Crippen LogP contribution is -2.17. The predicted octanol–water partition coefficient (Wildman–Crippen LogP) is 3.75. The molecule has 0 spiro atoms. The van der Waals surface area contributed by atoms with E-state index in [1.54, 1.807) is 36.4 Å². The molecular weight excluding hydrogens is 366 g/mol. The number of hydrogen-bond acceptors (Lipinski definition) is 5. The van der Waals surface area contributed by atoms with Crippen molar-refractivity contribution in [2.75, 3.05) is 16.3 Å². The highest BCUT2D eigenvalue weighted by Crippen LogP contribution is 2.27. The summed E-state index contributed by atoms with van der Waals surface area (Å²) in [5.74, 6) is 0.185. The number of aromatic nitrogens is 1. The molecule has 0 saturated heterocycles. The minimum Gasteiger partial charge on any atom is -0.440 e. The molecule has 3 aromatic rings. The number of amides is 1. The van der Waals surface area contributed by atoms with E-state index in [0.29, 0.717) is 22.7 Å². The fraction of sp³-hybridized carbons (Fsp3) is 0.263. The molecule has 0 aliphatic heterocycles. The first kappa shape index (κ1) is 18.9. The van der Waals surface area contributed by atoms with Crippen molar-refractivity contribution < 1.29 is 17.6 Å². The Morgan fingerprint density at radius 1 is 1.11 bits per heavy atom. The lowest BCUT2D eigenvalue weighted by molar-refractivity contribution is 0.102. The van der Waals surface area contributed by atoms with Gasteiger partial charge in [-0.05, 0) is 30.3 Å². The van der Waals surface area contributed by atoms with E-state index in [1.165, 1.54) is 6.07 Å². The molecule has 3 rings (SSSR count). The number of para-hydroxylation sites is 1. The number of nitrogens with zero attached hydrogens (tertiary/aromatic N) is 1. The van der Waals surface area contributed by atoms with Crippen LogP contribution in [0.4, 0.5) is 11.4 Å². The Bertz CT molecular complexity index is 1110. The molecule has 7 nitrogen and oxygen atoms in total. The number of nitrogens with one attached hydrogen (secondary N) is 2. The van der Waals surface area contributed by atoms with Crippen molar-refractivity contribution in [3.8, 4) is 0 Å². The van der Waals surface area contributed by atoms with Gasteiger partial charge in [-0.15, -0.1) is 0 Å². The van der Waals surface area contributed by atoms with Crippen LogP contribution in [0.25, 0.3) is 11.1 Å². The summed E-state index contributed by atoms with van der Waals surface area (Å²) in [6.07, 6.45) is 1.03. The van der Waals surface area contributed by atoms with Crippen molar-refractivity contribution in [2.45, 2.75) is 26.2 Å². The summed E-state index contributed by atoms with van der Waals surface area (Å²) in [5.41, 5.74) is 2.03. The molecule has 8 heteroatoms. The van der Waals surface area contributed by atoms with Crippen LogP contribution < -0.4 is 10.0 Å². The lowest BCUT2D eigenvalue weighted by atomic mass is 9.97. The number of rotatable bonds is 4. The Hall–Kier alpha value is -2.87. The van der Waals surface area contributed by atoms with Crippen LogP contribution in [0, 0.1) is 0 Å². The Kier molecular flexibility index (Phi) is 4.69. The first-order chi connectivity index (χ1) is 12.5. The number of oxazole rings is 1. The van der Waals surface area contributed by atoms with Crippen LogP contribution in [0.2, 0.25) is 0 Å². The number of sulfonamides is 1. The maximum atomic E-state index is 12.6. The number of carbonyl (C=O) groups excluding carboxylic acids is 1. The third kappa shape index (κ3) is 4.46. The largest absolute Gasteiger partial charge is 0.440 e. The second-order valence-electron chi connectivity index (χ2n) is 7.33. The highest BCUT2D eigenvalue weighted by Gasteiger charge is 2.21. The van der Waals surface area contributed by atoms with Crippen molar-refractivity contribution in [1.29, 1.82) is 0 Å². The summed E-state index contributed by atoms with van der Waals surface area (Å²) in [7, 11) is -3.50. The van der Waals surface area contributed by atoms with Gasteiger partial charge < -0.3 is 9.73 Å². The number of benzene rings is 2. The molecule has 142 valence electrons. The Labute approximate surface area is 157 Å². The number of anilines is 2. The summed E-state index contributed by atoms with van der Waals surface area (Å²) in [6.45, 7) is 6.02. The highest BCUT2D eigenvalue weighted by atomic mass is 32.2. The van der Waals surface area contributed by atoms with E-state index in [-0.39, 0.29) is 16.7 Å². The maximum absolute atomic E-state index is 12.6. The van der Waals surface area contributed by atoms with E-state index in [4.69, 9.17) is 4.42 Å². The number of carbonyl (C=O) groups is 1. The Morgan fingerprint density at radius 3 is 2.48 bits per heavy atom. The molecule has 0 bridgehead atoms. The van der Waals surface area contributed by atoms with Crippen molar-refractivity contribution in [1.82, 2.24) is 4.98 Å². The zero-order valence-corrected chi connectivity index (χ0v) is 16.3. The topological polar surface area (TPSA) is 101 Å². The first-order valence-electron chi connectivity index (χ1n) is 8.32. The summed E-state index contributed by atoms with van der Waals surface area (Å²) >= 11 is 0. The van der Waals surface area contributed by atoms with Gasteiger partial charge >= 0.3 is 0 Å². The van der Waals surface area contributed by atoms with E-state index in [1.807, 2.05) is 20.8 Å². The molecule has 0 fully saturated rings. The van der Waals surface area contributed by atoms with Crippen molar-refractivity contribution >= 4 is 38.4 Å². The zero-order chi connectivity index (χ0) is 19.8. The maximum Gasteiger partial charge on any atom is 0.257 e. The molecule has 0 radical (unpaired) electrons. The minimum absolute atomic E-state index is 0.218. The normalized spacial score (nSPS) is 12.1. The van der Waals surface area contributed by atoms with Crippen LogP contribution in [0.5, 0.6) is 0 Å². The second kappa shape index (κ2) is 6.70. The number of fused-ring (bicyclic) bond motifs is 1. The zero-order valence-electron chi connectivity index (χ0n) is 15.5. The van der Waals surface area contributed by atoms with Gasteiger partial charge in [0.15, 0.2) is 5.58 Å². The van der Waals surface area contributed by atoms with Crippen LogP contribution in [-0.2, 0) is 15.4 Å². The van der Waals surface area contributed by atoms with Crippen LogP contribution in [-0.4, -0.2) is 25.6 Å². The third-order valence-corrected chi connectivity index (χ3v) is 4.34. The highest BCUT2D eigenvalue weighted by molar-refractivity contribution is 7.92. The van der Waals surface area contributed by atoms with Crippen LogP contribution >= 0.6 is 0 Å². The summed E-state index contributed by atoms with van der Waals surface area (Å²) in [5, 5.41) is 2.77. The van der Waals surface area contributed by atoms with E-state index >= 15 is 0 Å². The van der Waals surface area contributed by atoms with Gasteiger partial charge in [0, 0.05) is 11.1 Å². The molecule has 1 heterocycles. The van der Waals surface area contributed by atoms with Gasteiger partial charge in [-0.3, -0.25) is 9.52 Å². The second-order valence-corrected chi connectivity index (χ2v) is 9.07. The van der Waals surface area contributed by atoms with Crippen molar-refractivity contribution in [2.24, 2.45) is 0 Å². The molecule has 2 aromatic carbocycles. The lowest BCUT2D eigenvalue weighted by Gasteiger charge is -2.11. The average Bonchev–Trinajstić information content (AvgIpc) is 2.97. The fourth-order valence-electron chi connectivity index (χ4n) is 2.49. The smallest absolute Gasteiger partial charge is 0.257 e. The number of hydrogen-bond donors (Lipinski definition) is 2. The predicted molar refractivity (Wildman–Crippen MR) is 106 cm³/mol. The quantitative estimate of drug-likeness (QED) is 0.710. The molecule has 0 atom stereocenters. The van der Waals surface area contributed by atoms with Crippen molar-refractivity contribution in [3.05, 3.63) is 53.9 Å². The molecule has 0 aliphatic rings. The van der Waals surface area contributed by atoms with Gasteiger partial charge in [0.1, 0.15) is 5.52 Å². The van der Waals surface area contributed by atoms with Crippen LogP contribution in [0.1, 0.15) is 37.0 Å². The average molecular weight is 387 g/mol. The minimum atomic E-state index is -3.50. The molecule has 1 aromatic heterocycles. The van der Waals surface area contributed by atoms with Gasteiger partial charge in [-0.1, -0.05) is 32.9 Å². The molecule has 1 amide bonds. The molecule has 27 heavy (non-hydrogen) atoms. The molecule has 0 aliphatic carbocycles. The van der Waals surface area contributed by atoms with Gasteiger partial charge in [0.2, 0.25) is 15.9 Å². The summed E-state index contributed by atoms with van der Waals surface area (Å²) in [6, 6.07) is 11.6. The van der Waals surface area contributed by atoms with Gasteiger partial charge in [0.05, 0.1) is 17.5 Å². The first-order valence-corrected chi connectivity index (χ1v) is 10.2. The van der Waals surface area contributed by atoms with Gasteiger partial charge in [-0.2, -0.15) is 0 Å². The van der Waals surface area contributed by atoms with E-state index in [9.17, 15) is 13.2 Å². The van der Waals surface area contributed by atoms with Gasteiger partial charge in [0.25, 0.3) is 5.91 Å². The van der Waals surface area contributed by atoms with Gasteiger partial charge in [-0.25, -0.2) is 13.4 Å². The van der Waals surface area contributed by atoms with Crippen LogP contribution in [0.15, 0.2) is 46.9 Å². The van der Waals surface area contributed by atoms with Crippen LogP contribution in [0.3, 0.4) is 0 Å². The van der Waals surface area contributed by atoms with E-state index in [2.05, 4.69) is 15.0 Å².